The van der Waals surface area contributed by atoms with E-state index in [0.29, 0.717) is 17.9 Å². The fourth-order valence-electron chi connectivity index (χ4n) is 1.86. The van der Waals surface area contributed by atoms with Crippen LogP contribution in [0.25, 0.3) is 0 Å². The van der Waals surface area contributed by atoms with Gasteiger partial charge in [0.1, 0.15) is 11.6 Å². The van der Waals surface area contributed by atoms with Crippen molar-refractivity contribution in [3.63, 3.8) is 0 Å². The second-order valence-corrected chi connectivity index (χ2v) is 5.09. The summed E-state index contributed by atoms with van der Waals surface area (Å²) in [5, 5.41) is 0.240. The van der Waals surface area contributed by atoms with Crippen LogP contribution < -0.4 is 4.74 Å². The Morgan fingerprint density at radius 3 is 2.57 bits per heavy atom. The van der Waals surface area contributed by atoms with Crippen molar-refractivity contribution >= 4 is 17.4 Å². The molecular weight excluding hydrogens is 291 g/mol. The second kappa shape index (κ2) is 7.23. The van der Waals surface area contributed by atoms with Gasteiger partial charge in [-0.3, -0.25) is 4.79 Å². The van der Waals surface area contributed by atoms with E-state index in [1.54, 1.807) is 24.3 Å². The molecule has 0 aromatic heterocycles. The Balaban J connectivity index is 2.14. The van der Waals surface area contributed by atoms with Crippen LogP contribution in [0.2, 0.25) is 5.02 Å². The van der Waals surface area contributed by atoms with Crippen LogP contribution in [-0.4, -0.2) is 12.4 Å². The fraction of sp³-hybridized carbons (Fsp3) is 0.235. The standard InChI is InChI=1S/C17H16ClFO2/c1-2-3-10-21-14-7-4-12(5-8-14)17(20)15-11-13(19)6-9-16(15)18/h4-9,11H,2-3,10H2,1H3. The normalized spacial score (nSPS) is 10.4. The Kier molecular flexibility index (Phi) is 5.34. The number of ether oxygens (including phenoxy) is 1. The van der Waals surface area contributed by atoms with Crippen molar-refractivity contribution in [3.05, 3.63) is 64.4 Å². The van der Waals surface area contributed by atoms with E-state index in [2.05, 4.69) is 6.92 Å². The molecule has 2 nitrogen and oxygen atoms in total. The van der Waals surface area contributed by atoms with E-state index >= 15 is 0 Å². The van der Waals surface area contributed by atoms with E-state index < -0.39 is 5.82 Å². The maximum absolute atomic E-state index is 13.2. The van der Waals surface area contributed by atoms with Crippen LogP contribution in [0.15, 0.2) is 42.5 Å². The van der Waals surface area contributed by atoms with Crippen molar-refractivity contribution in [1.82, 2.24) is 0 Å². The number of carbonyl (C=O) groups is 1. The number of rotatable bonds is 6. The lowest BCUT2D eigenvalue weighted by Gasteiger charge is -2.07. The van der Waals surface area contributed by atoms with Crippen molar-refractivity contribution in [2.45, 2.75) is 19.8 Å². The minimum atomic E-state index is -0.484. The lowest BCUT2D eigenvalue weighted by molar-refractivity contribution is 0.103. The largest absolute Gasteiger partial charge is 0.494 e. The highest BCUT2D eigenvalue weighted by atomic mass is 35.5. The van der Waals surface area contributed by atoms with Crippen LogP contribution >= 0.6 is 11.6 Å². The van der Waals surface area contributed by atoms with Gasteiger partial charge in [-0.1, -0.05) is 24.9 Å². The third-order valence-corrected chi connectivity index (χ3v) is 3.39. The lowest BCUT2D eigenvalue weighted by Crippen LogP contribution is -2.03. The van der Waals surface area contributed by atoms with Gasteiger partial charge < -0.3 is 4.74 Å². The first-order chi connectivity index (χ1) is 10.1. The van der Waals surface area contributed by atoms with Gasteiger partial charge in [0.25, 0.3) is 0 Å². The molecule has 0 saturated carbocycles. The molecular formula is C17H16ClFO2. The molecule has 2 rings (SSSR count). The average Bonchev–Trinajstić information content (AvgIpc) is 2.50. The maximum Gasteiger partial charge on any atom is 0.194 e. The number of benzene rings is 2. The summed E-state index contributed by atoms with van der Waals surface area (Å²) in [6, 6.07) is 10.5. The van der Waals surface area contributed by atoms with Gasteiger partial charge in [0.2, 0.25) is 0 Å². The van der Waals surface area contributed by atoms with Crippen molar-refractivity contribution < 1.29 is 13.9 Å². The van der Waals surface area contributed by atoms with Crippen LogP contribution in [0.1, 0.15) is 35.7 Å². The third kappa shape index (κ3) is 4.05. The van der Waals surface area contributed by atoms with Crippen molar-refractivity contribution in [3.8, 4) is 5.75 Å². The highest BCUT2D eigenvalue weighted by molar-refractivity contribution is 6.35. The molecule has 110 valence electrons. The molecule has 0 amide bonds. The van der Waals surface area contributed by atoms with Crippen molar-refractivity contribution in [1.29, 1.82) is 0 Å². The van der Waals surface area contributed by atoms with Crippen LogP contribution in [0.4, 0.5) is 4.39 Å². The minimum absolute atomic E-state index is 0.163. The molecule has 0 unspecified atom stereocenters. The summed E-state index contributed by atoms with van der Waals surface area (Å²) in [6.45, 7) is 2.74. The molecule has 0 heterocycles. The van der Waals surface area contributed by atoms with Crippen LogP contribution in [-0.2, 0) is 0 Å². The summed E-state index contributed by atoms with van der Waals surface area (Å²) in [5.41, 5.74) is 0.613. The van der Waals surface area contributed by atoms with Gasteiger partial charge in [-0.15, -0.1) is 0 Å². The SMILES string of the molecule is CCCCOc1ccc(C(=O)c2cc(F)ccc2Cl)cc1. The Morgan fingerprint density at radius 1 is 1.19 bits per heavy atom. The Bertz CT molecular complexity index is 623. The highest BCUT2D eigenvalue weighted by Crippen LogP contribution is 2.22. The van der Waals surface area contributed by atoms with E-state index in [0.717, 1.165) is 18.9 Å². The molecule has 0 bridgehead atoms. The number of hydrogen-bond donors (Lipinski definition) is 0. The zero-order chi connectivity index (χ0) is 15.2. The van der Waals surface area contributed by atoms with Gasteiger partial charge >= 0.3 is 0 Å². The summed E-state index contributed by atoms with van der Waals surface area (Å²) in [4.78, 5) is 12.3. The first kappa shape index (κ1) is 15.5. The van der Waals surface area contributed by atoms with E-state index in [-0.39, 0.29) is 16.4 Å². The predicted octanol–water partition coefficient (Wildman–Crippen LogP) is 4.89. The highest BCUT2D eigenvalue weighted by Gasteiger charge is 2.13. The molecule has 0 aliphatic heterocycles. The lowest BCUT2D eigenvalue weighted by atomic mass is 10.0. The topological polar surface area (TPSA) is 26.3 Å². The molecule has 0 aliphatic carbocycles. The molecule has 0 saturated heterocycles. The summed E-state index contributed by atoms with van der Waals surface area (Å²) in [5.74, 6) is -0.0767. The van der Waals surface area contributed by atoms with Gasteiger partial charge in [0.05, 0.1) is 11.6 Å². The average molecular weight is 307 g/mol. The molecule has 0 N–H and O–H groups in total. The summed E-state index contributed by atoms with van der Waals surface area (Å²) in [6.07, 6.45) is 2.05. The molecule has 4 heteroatoms. The van der Waals surface area contributed by atoms with Crippen molar-refractivity contribution in [2.75, 3.05) is 6.61 Å². The Hall–Kier alpha value is -1.87. The molecule has 0 radical (unpaired) electrons. The van der Waals surface area contributed by atoms with Gasteiger partial charge in [-0.05, 0) is 48.9 Å². The number of unbranched alkanes of at least 4 members (excludes halogenated alkanes) is 1. The molecule has 21 heavy (non-hydrogen) atoms. The van der Waals surface area contributed by atoms with E-state index in [1.165, 1.54) is 12.1 Å². The number of ketones is 1. The van der Waals surface area contributed by atoms with Crippen LogP contribution in [0, 0.1) is 5.82 Å². The quantitative estimate of drug-likeness (QED) is 0.561. The first-order valence-electron chi connectivity index (χ1n) is 6.84. The predicted molar refractivity (Wildman–Crippen MR) is 81.7 cm³/mol. The summed E-state index contributed by atoms with van der Waals surface area (Å²) < 4.78 is 18.8. The van der Waals surface area contributed by atoms with Gasteiger partial charge in [0.15, 0.2) is 5.78 Å². The zero-order valence-corrected chi connectivity index (χ0v) is 12.5. The van der Waals surface area contributed by atoms with Crippen molar-refractivity contribution in [2.24, 2.45) is 0 Å². The fourth-order valence-corrected chi connectivity index (χ4v) is 2.07. The molecule has 0 fully saturated rings. The molecule has 0 spiro atoms. The number of hydrogen-bond acceptors (Lipinski definition) is 2. The van der Waals surface area contributed by atoms with Crippen LogP contribution in [0.3, 0.4) is 0 Å². The third-order valence-electron chi connectivity index (χ3n) is 3.06. The van der Waals surface area contributed by atoms with Crippen LogP contribution in [0.5, 0.6) is 5.75 Å². The Morgan fingerprint density at radius 2 is 1.90 bits per heavy atom. The second-order valence-electron chi connectivity index (χ2n) is 4.68. The van der Waals surface area contributed by atoms with Gasteiger partial charge in [0, 0.05) is 11.1 Å². The number of carbonyl (C=O) groups excluding carboxylic acids is 1. The van der Waals surface area contributed by atoms with E-state index in [1.807, 2.05) is 0 Å². The monoisotopic (exact) mass is 306 g/mol. The number of halogens is 2. The summed E-state index contributed by atoms with van der Waals surface area (Å²) in [7, 11) is 0. The van der Waals surface area contributed by atoms with E-state index in [4.69, 9.17) is 16.3 Å². The van der Waals surface area contributed by atoms with Gasteiger partial charge in [-0.2, -0.15) is 0 Å². The first-order valence-corrected chi connectivity index (χ1v) is 7.22. The zero-order valence-electron chi connectivity index (χ0n) is 11.7. The summed E-state index contributed by atoms with van der Waals surface area (Å²) >= 11 is 5.94. The minimum Gasteiger partial charge on any atom is -0.494 e. The smallest absolute Gasteiger partial charge is 0.194 e. The Labute approximate surface area is 128 Å². The molecule has 2 aromatic rings. The molecule has 0 aliphatic rings. The van der Waals surface area contributed by atoms with E-state index in [9.17, 15) is 9.18 Å². The maximum atomic E-state index is 13.2. The molecule has 0 atom stereocenters. The van der Waals surface area contributed by atoms with Gasteiger partial charge in [-0.25, -0.2) is 4.39 Å². The molecule has 2 aromatic carbocycles.